The molecule has 0 radical (unpaired) electrons. The molecule has 1 aliphatic rings. The van der Waals surface area contributed by atoms with E-state index in [4.69, 9.17) is 17.3 Å². The van der Waals surface area contributed by atoms with Crippen molar-refractivity contribution in [3.8, 4) is 0 Å². The number of nitrogen functional groups attached to an aromatic ring is 1. The fourth-order valence-corrected chi connectivity index (χ4v) is 4.98. The second-order valence-electron chi connectivity index (χ2n) is 9.10. The van der Waals surface area contributed by atoms with E-state index in [1.54, 1.807) is 13.8 Å². The number of hydrogen-bond donors (Lipinski definition) is 3. The maximum absolute atomic E-state index is 14.2. The standard InChI is InChI=1S/C27H18ClF5N4O2/c1-10-11(2)35-24(34)17-9-19(36-25(38)12-5-13(27(31,32)33)7-15(30)6-12)21-22(20(10)17)26(39)37-23(21)16-8-14(29)3-4-18(16)28/h3-9,23H,1-2H3,(H2,34,35)(H,36,38)(H,37,39). The quantitative estimate of drug-likeness (QED) is 0.250. The van der Waals surface area contributed by atoms with Crippen LogP contribution in [0.4, 0.5) is 33.5 Å². The first-order chi connectivity index (χ1) is 18.3. The topological polar surface area (TPSA) is 97.1 Å². The van der Waals surface area contributed by atoms with Crippen LogP contribution in [-0.4, -0.2) is 16.8 Å². The number of carbonyl (C=O) groups excluding carboxylic acids is 2. The van der Waals surface area contributed by atoms with Gasteiger partial charge in [0.1, 0.15) is 17.5 Å². The number of rotatable bonds is 3. The van der Waals surface area contributed by atoms with Crippen LogP contribution in [0.25, 0.3) is 10.8 Å². The maximum atomic E-state index is 14.2. The molecule has 1 unspecified atom stereocenters. The molecule has 0 spiro atoms. The second-order valence-corrected chi connectivity index (χ2v) is 9.50. The highest BCUT2D eigenvalue weighted by Gasteiger charge is 2.37. The number of nitrogens with two attached hydrogens (primary N) is 1. The Labute approximate surface area is 223 Å². The van der Waals surface area contributed by atoms with E-state index >= 15 is 0 Å². The Kier molecular flexibility index (Phi) is 6.21. The van der Waals surface area contributed by atoms with Crippen LogP contribution in [-0.2, 0) is 6.18 Å². The molecule has 0 saturated heterocycles. The molecule has 2 heterocycles. The number of pyridine rings is 1. The second kappa shape index (κ2) is 9.19. The van der Waals surface area contributed by atoms with Crippen LogP contribution in [0.5, 0.6) is 0 Å². The molecule has 1 atom stereocenters. The minimum Gasteiger partial charge on any atom is -0.383 e. The number of carbonyl (C=O) groups is 2. The van der Waals surface area contributed by atoms with E-state index < -0.39 is 46.8 Å². The Morgan fingerprint density at radius 2 is 1.79 bits per heavy atom. The summed E-state index contributed by atoms with van der Waals surface area (Å²) >= 11 is 6.34. The molecule has 0 bridgehead atoms. The third kappa shape index (κ3) is 4.52. The summed E-state index contributed by atoms with van der Waals surface area (Å²) in [4.78, 5) is 30.8. The molecule has 1 aliphatic heterocycles. The summed E-state index contributed by atoms with van der Waals surface area (Å²) in [6, 6.07) is 5.37. The normalized spacial score (nSPS) is 14.9. The molecular weight excluding hydrogens is 543 g/mol. The number of benzene rings is 3. The van der Waals surface area contributed by atoms with E-state index in [0.717, 1.165) is 12.1 Å². The van der Waals surface area contributed by atoms with Gasteiger partial charge in [-0.2, -0.15) is 13.2 Å². The van der Waals surface area contributed by atoms with Gasteiger partial charge in [0.05, 0.1) is 17.2 Å². The average Bonchev–Trinajstić information content (AvgIpc) is 3.20. The van der Waals surface area contributed by atoms with Crippen molar-refractivity contribution in [2.75, 3.05) is 11.1 Å². The van der Waals surface area contributed by atoms with Crippen LogP contribution in [0.2, 0.25) is 5.02 Å². The molecule has 5 rings (SSSR count). The number of anilines is 2. The van der Waals surface area contributed by atoms with Crippen molar-refractivity contribution in [3.05, 3.63) is 98.2 Å². The molecule has 0 aliphatic carbocycles. The first kappa shape index (κ1) is 26.4. The number of aryl methyl sites for hydroxylation is 2. The van der Waals surface area contributed by atoms with Crippen LogP contribution in [0.3, 0.4) is 0 Å². The molecule has 6 nitrogen and oxygen atoms in total. The third-order valence-electron chi connectivity index (χ3n) is 6.65. The smallest absolute Gasteiger partial charge is 0.383 e. The van der Waals surface area contributed by atoms with Gasteiger partial charge in [0.2, 0.25) is 0 Å². The largest absolute Gasteiger partial charge is 0.416 e. The summed E-state index contributed by atoms with van der Waals surface area (Å²) in [6.45, 7) is 3.42. The Morgan fingerprint density at radius 1 is 1.08 bits per heavy atom. The number of aromatic nitrogens is 1. The monoisotopic (exact) mass is 560 g/mol. The predicted octanol–water partition coefficient (Wildman–Crippen LogP) is 6.47. The molecule has 4 aromatic rings. The average molecular weight is 561 g/mol. The lowest BCUT2D eigenvalue weighted by Gasteiger charge is -2.20. The number of hydrogen-bond acceptors (Lipinski definition) is 4. The molecule has 0 fully saturated rings. The molecule has 0 saturated carbocycles. The van der Waals surface area contributed by atoms with Crippen LogP contribution in [0.1, 0.15) is 54.7 Å². The van der Waals surface area contributed by atoms with Gasteiger partial charge in [-0.3, -0.25) is 9.59 Å². The van der Waals surface area contributed by atoms with Crippen LogP contribution >= 0.6 is 11.6 Å². The fraction of sp³-hybridized carbons (Fsp3) is 0.148. The fourth-order valence-electron chi connectivity index (χ4n) is 4.76. The van der Waals surface area contributed by atoms with Crippen molar-refractivity contribution >= 4 is 45.7 Å². The van der Waals surface area contributed by atoms with Gasteiger partial charge < -0.3 is 16.4 Å². The van der Waals surface area contributed by atoms with E-state index in [9.17, 15) is 31.5 Å². The van der Waals surface area contributed by atoms with Gasteiger partial charge in [-0.1, -0.05) is 11.6 Å². The number of nitrogens with one attached hydrogen (secondary N) is 2. The van der Waals surface area contributed by atoms with Crippen LogP contribution in [0, 0.1) is 25.5 Å². The van der Waals surface area contributed by atoms with Gasteiger partial charge in [0.15, 0.2) is 0 Å². The van der Waals surface area contributed by atoms with Gasteiger partial charge in [-0.25, -0.2) is 13.8 Å². The van der Waals surface area contributed by atoms with Crippen molar-refractivity contribution in [1.29, 1.82) is 0 Å². The SMILES string of the molecule is Cc1nc(N)c2cc(NC(=O)c3cc(F)cc(C(F)(F)F)c3)c3c(c2c1C)C(=O)NC3c1cc(F)ccc1Cl. The molecule has 1 aromatic heterocycles. The van der Waals surface area contributed by atoms with Gasteiger partial charge in [0, 0.05) is 43.9 Å². The molecular formula is C27H18ClF5N4O2. The number of fused-ring (bicyclic) bond motifs is 3. The Hall–Kier alpha value is -4.25. The highest BCUT2D eigenvalue weighted by molar-refractivity contribution is 6.31. The molecule has 39 heavy (non-hydrogen) atoms. The minimum absolute atomic E-state index is 0.0271. The van der Waals surface area contributed by atoms with Crippen LogP contribution < -0.4 is 16.4 Å². The molecule has 4 N–H and O–H groups in total. The first-order valence-corrected chi connectivity index (χ1v) is 11.8. The number of amides is 2. The summed E-state index contributed by atoms with van der Waals surface area (Å²) in [5, 5.41) is 6.08. The summed E-state index contributed by atoms with van der Waals surface area (Å²) in [6.07, 6.45) is -4.90. The highest BCUT2D eigenvalue weighted by atomic mass is 35.5. The Morgan fingerprint density at radius 3 is 2.49 bits per heavy atom. The lowest BCUT2D eigenvalue weighted by Crippen LogP contribution is -2.21. The minimum atomic E-state index is -4.90. The van der Waals surface area contributed by atoms with Gasteiger partial charge in [0.25, 0.3) is 11.8 Å². The zero-order valence-corrected chi connectivity index (χ0v) is 21.0. The molecule has 3 aromatic carbocycles. The Bertz CT molecular complexity index is 1720. The van der Waals surface area contributed by atoms with Crippen LogP contribution in [0.15, 0.2) is 42.5 Å². The van der Waals surface area contributed by atoms with Gasteiger partial charge in [-0.05, 0) is 61.9 Å². The zero-order chi connectivity index (χ0) is 28.4. The summed E-state index contributed by atoms with van der Waals surface area (Å²) in [7, 11) is 0. The van der Waals surface area contributed by atoms with Crippen molar-refractivity contribution in [1.82, 2.24) is 10.3 Å². The zero-order valence-electron chi connectivity index (χ0n) is 20.2. The summed E-state index contributed by atoms with van der Waals surface area (Å²) in [5.41, 5.74) is 5.80. The number of nitrogens with zero attached hydrogens (tertiary/aromatic N) is 1. The van der Waals surface area contributed by atoms with E-state index in [-0.39, 0.29) is 39.3 Å². The van der Waals surface area contributed by atoms with Crippen molar-refractivity contribution in [2.24, 2.45) is 0 Å². The lowest BCUT2D eigenvalue weighted by atomic mass is 9.90. The van der Waals surface area contributed by atoms with Crippen molar-refractivity contribution in [2.45, 2.75) is 26.1 Å². The van der Waals surface area contributed by atoms with Crippen molar-refractivity contribution < 1.29 is 31.5 Å². The number of alkyl halides is 3. The first-order valence-electron chi connectivity index (χ1n) is 11.4. The van der Waals surface area contributed by atoms with Gasteiger partial charge in [-0.15, -0.1) is 0 Å². The van der Waals surface area contributed by atoms with Gasteiger partial charge >= 0.3 is 6.18 Å². The lowest BCUT2D eigenvalue weighted by molar-refractivity contribution is -0.137. The summed E-state index contributed by atoms with van der Waals surface area (Å²) in [5.74, 6) is -3.52. The molecule has 200 valence electrons. The summed E-state index contributed by atoms with van der Waals surface area (Å²) < 4.78 is 68.0. The van der Waals surface area contributed by atoms with E-state index in [0.29, 0.717) is 34.2 Å². The van der Waals surface area contributed by atoms with E-state index in [1.165, 1.54) is 12.1 Å². The highest BCUT2D eigenvalue weighted by Crippen LogP contribution is 2.45. The predicted molar refractivity (Wildman–Crippen MR) is 136 cm³/mol. The number of halogens is 6. The maximum Gasteiger partial charge on any atom is 0.416 e. The Balaban J connectivity index is 1.75. The van der Waals surface area contributed by atoms with Crippen molar-refractivity contribution in [3.63, 3.8) is 0 Å². The van der Waals surface area contributed by atoms with E-state index in [1.807, 2.05) is 0 Å². The molecule has 12 heteroatoms. The molecule has 2 amide bonds. The third-order valence-corrected chi connectivity index (χ3v) is 6.99. The van der Waals surface area contributed by atoms with E-state index in [2.05, 4.69) is 15.6 Å².